The van der Waals surface area contributed by atoms with E-state index >= 15 is 0 Å². The van der Waals surface area contributed by atoms with Gasteiger partial charge in [-0.2, -0.15) is 4.98 Å². The molecule has 0 amide bonds. The van der Waals surface area contributed by atoms with Gasteiger partial charge in [0.25, 0.3) is 0 Å². The monoisotopic (exact) mass is 278 g/mol. The molecule has 5 nitrogen and oxygen atoms in total. The molecule has 2 aromatic rings. The van der Waals surface area contributed by atoms with Crippen LogP contribution in [0.2, 0.25) is 0 Å². The second kappa shape index (κ2) is 4.94. The Hall–Kier alpha value is -1.40. The summed E-state index contributed by atoms with van der Waals surface area (Å²) in [4.78, 5) is 10.1. The van der Waals surface area contributed by atoms with Crippen LogP contribution in [-0.2, 0) is 4.74 Å². The first kappa shape index (κ1) is 12.6. The van der Waals surface area contributed by atoms with Crippen LogP contribution < -0.4 is 10.6 Å². The third kappa shape index (κ3) is 2.50. The van der Waals surface area contributed by atoms with E-state index in [4.69, 9.17) is 4.74 Å². The molecule has 1 fully saturated rings. The molecule has 0 bridgehead atoms. The maximum Gasteiger partial charge on any atom is 0.226 e. The van der Waals surface area contributed by atoms with Crippen molar-refractivity contribution in [3.05, 3.63) is 11.4 Å². The zero-order valence-electron chi connectivity index (χ0n) is 11.2. The molecule has 0 aliphatic carbocycles. The summed E-state index contributed by atoms with van der Waals surface area (Å²) in [6, 6.07) is 2.07. The Bertz CT molecular complexity index is 577. The Labute approximate surface area is 116 Å². The van der Waals surface area contributed by atoms with E-state index in [9.17, 15) is 0 Å². The van der Waals surface area contributed by atoms with Crippen LogP contribution in [0.4, 0.5) is 11.8 Å². The van der Waals surface area contributed by atoms with Crippen molar-refractivity contribution in [2.75, 3.05) is 30.4 Å². The molecule has 3 rings (SSSR count). The van der Waals surface area contributed by atoms with Gasteiger partial charge < -0.3 is 15.4 Å². The predicted molar refractivity (Wildman–Crippen MR) is 79.0 cm³/mol. The number of fused-ring (bicyclic) bond motifs is 1. The molecule has 1 unspecified atom stereocenters. The minimum atomic E-state index is -0.0350. The summed E-state index contributed by atoms with van der Waals surface area (Å²) in [7, 11) is 0. The highest BCUT2D eigenvalue weighted by Crippen LogP contribution is 2.30. The predicted octanol–water partition coefficient (Wildman–Crippen LogP) is 2.71. The van der Waals surface area contributed by atoms with Gasteiger partial charge >= 0.3 is 0 Å². The number of hydrogen-bond donors (Lipinski definition) is 2. The van der Waals surface area contributed by atoms with Crippen molar-refractivity contribution in [1.29, 1.82) is 0 Å². The molecule has 0 spiro atoms. The Balaban J connectivity index is 1.98. The van der Waals surface area contributed by atoms with Crippen molar-refractivity contribution in [3.63, 3.8) is 0 Å². The van der Waals surface area contributed by atoms with Gasteiger partial charge in [-0.05, 0) is 31.7 Å². The van der Waals surface area contributed by atoms with E-state index in [1.165, 1.54) is 0 Å². The van der Waals surface area contributed by atoms with E-state index in [2.05, 4.69) is 33.6 Å². The topological polar surface area (TPSA) is 59.1 Å². The fourth-order valence-electron chi connectivity index (χ4n) is 2.24. The molecule has 2 N–H and O–H groups in total. The summed E-state index contributed by atoms with van der Waals surface area (Å²) in [5.41, 5.74) is -0.0350. The first-order valence-corrected chi connectivity index (χ1v) is 7.43. The molecule has 102 valence electrons. The molecule has 1 saturated heterocycles. The number of nitrogens with zero attached hydrogens (tertiary/aromatic N) is 2. The number of nitrogens with one attached hydrogen (secondary N) is 2. The van der Waals surface area contributed by atoms with Gasteiger partial charge in [-0.3, -0.25) is 0 Å². The van der Waals surface area contributed by atoms with Crippen LogP contribution in [-0.4, -0.2) is 35.3 Å². The fourth-order valence-corrected chi connectivity index (χ4v) is 3.00. The fraction of sp³-hybridized carbons (Fsp3) is 0.538. The Morgan fingerprint density at radius 2 is 2.37 bits per heavy atom. The lowest BCUT2D eigenvalue weighted by Gasteiger charge is -2.24. The number of hydrogen-bond acceptors (Lipinski definition) is 6. The van der Waals surface area contributed by atoms with Crippen molar-refractivity contribution in [1.82, 2.24) is 9.97 Å². The van der Waals surface area contributed by atoms with Crippen LogP contribution in [0, 0.1) is 0 Å². The first-order valence-electron chi connectivity index (χ1n) is 6.55. The van der Waals surface area contributed by atoms with Crippen LogP contribution in [0.5, 0.6) is 0 Å². The van der Waals surface area contributed by atoms with Gasteiger partial charge in [-0.25, -0.2) is 4.98 Å². The molecule has 1 aliphatic heterocycles. The zero-order chi connectivity index (χ0) is 13.3. The van der Waals surface area contributed by atoms with Crippen molar-refractivity contribution in [2.45, 2.75) is 25.8 Å². The maximum atomic E-state index is 5.48. The van der Waals surface area contributed by atoms with Crippen molar-refractivity contribution < 1.29 is 4.74 Å². The third-order valence-corrected chi connectivity index (χ3v) is 4.11. The van der Waals surface area contributed by atoms with E-state index in [-0.39, 0.29) is 5.54 Å². The summed E-state index contributed by atoms with van der Waals surface area (Å²) in [5, 5.41) is 9.85. The molecular weight excluding hydrogens is 260 g/mol. The molecular formula is C13H18N4OS. The zero-order valence-corrected chi connectivity index (χ0v) is 12.0. The second-order valence-corrected chi connectivity index (χ2v) is 5.95. The SMILES string of the molecule is CCNc1nc(NC2(C)CCOC2)c2ccsc2n1. The van der Waals surface area contributed by atoms with Crippen LogP contribution >= 0.6 is 11.3 Å². The quantitative estimate of drug-likeness (QED) is 0.900. The lowest BCUT2D eigenvalue weighted by atomic mass is 10.0. The normalized spacial score (nSPS) is 22.8. The first-order chi connectivity index (χ1) is 9.20. The van der Waals surface area contributed by atoms with Gasteiger partial charge in [0, 0.05) is 13.2 Å². The van der Waals surface area contributed by atoms with Gasteiger partial charge in [0.05, 0.1) is 17.5 Å². The standard InChI is InChI=1S/C13H18N4OS/c1-3-14-12-15-10(9-4-7-19-11(9)16-12)17-13(2)5-6-18-8-13/h4,7H,3,5-6,8H2,1-2H3,(H2,14,15,16,17). The van der Waals surface area contributed by atoms with Gasteiger partial charge in [0.15, 0.2) is 0 Å². The highest BCUT2D eigenvalue weighted by atomic mass is 32.1. The average Bonchev–Trinajstić information content (AvgIpc) is 2.98. The molecule has 3 heterocycles. The molecule has 0 saturated carbocycles. The molecule has 1 atom stereocenters. The number of anilines is 2. The summed E-state index contributed by atoms with van der Waals surface area (Å²) >= 11 is 1.64. The second-order valence-electron chi connectivity index (χ2n) is 5.05. The third-order valence-electron chi connectivity index (χ3n) is 3.30. The summed E-state index contributed by atoms with van der Waals surface area (Å²) in [5.74, 6) is 1.58. The highest BCUT2D eigenvalue weighted by Gasteiger charge is 2.30. The van der Waals surface area contributed by atoms with Crippen LogP contribution in [0.1, 0.15) is 20.3 Å². The average molecular weight is 278 g/mol. The van der Waals surface area contributed by atoms with Crippen LogP contribution in [0.3, 0.4) is 0 Å². The summed E-state index contributed by atoms with van der Waals surface area (Å²) < 4.78 is 5.48. The molecule has 1 aliphatic rings. The van der Waals surface area contributed by atoms with Gasteiger partial charge in [-0.15, -0.1) is 11.3 Å². The summed E-state index contributed by atoms with van der Waals surface area (Å²) in [6.45, 7) is 6.56. The van der Waals surface area contributed by atoms with Gasteiger partial charge in [0.1, 0.15) is 10.6 Å². The van der Waals surface area contributed by atoms with E-state index in [1.54, 1.807) is 11.3 Å². The van der Waals surface area contributed by atoms with E-state index in [0.29, 0.717) is 5.95 Å². The smallest absolute Gasteiger partial charge is 0.226 e. The molecule has 19 heavy (non-hydrogen) atoms. The number of ether oxygens (including phenoxy) is 1. The highest BCUT2D eigenvalue weighted by molar-refractivity contribution is 7.16. The number of rotatable bonds is 4. The van der Waals surface area contributed by atoms with Crippen LogP contribution in [0.25, 0.3) is 10.2 Å². The van der Waals surface area contributed by atoms with Crippen LogP contribution in [0.15, 0.2) is 11.4 Å². The Kier molecular flexibility index (Phi) is 3.28. The molecule has 2 aromatic heterocycles. The van der Waals surface area contributed by atoms with Gasteiger partial charge in [-0.1, -0.05) is 0 Å². The summed E-state index contributed by atoms with van der Waals surface area (Å²) in [6.07, 6.45) is 0.999. The lowest BCUT2D eigenvalue weighted by Crippen LogP contribution is -2.35. The van der Waals surface area contributed by atoms with E-state index in [1.807, 2.05) is 12.3 Å². The Morgan fingerprint density at radius 1 is 1.47 bits per heavy atom. The van der Waals surface area contributed by atoms with E-state index < -0.39 is 0 Å². The largest absolute Gasteiger partial charge is 0.379 e. The lowest BCUT2D eigenvalue weighted by molar-refractivity contribution is 0.185. The van der Waals surface area contributed by atoms with Crippen molar-refractivity contribution in [3.8, 4) is 0 Å². The minimum absolute atomic E-state index is 0.0350. The minimum Gasteiger partial charge on any atom is -0.379 e. The number of aromatic nitrogens is 2. The maximum absolute atomic E-state index is 5.48. The van der Waals surface area contributed by atoms with E-state index in [0.717, 1.165) is 42.2 Å². The molecule has 0 aromatic carbocycles. The molecule has 6 heteroatoms. The Morgan fingerprint density at radius 3 is 3.11 bits per heavy atom. The van der Waals surface area contributed by atoms with Crippen molar-refractivity contribution >= 4 is 33.3 Å². The number of thiophene rings is 1. The van der Waals surface area contributed by atoms with Crippen molar-refractivity contribution in [2.24, 2.45) is 0 Å². The van der Waals surface area contributed by atoms with Gasteiger partial charge in [0.2, 0.25) is 5.95 Å². The molecule has 0 radical (unpaired) electrons.